The number of hydrogen-bond donors (Lipinski definition) is 1. The molecule has 1 aromatic carbocycles. The SMILES string of the molecule is N#CCn1nc2ccc(C(=O)NCc3ccccc3OC(F)(F)F)cn2c1=O. The molecule has 0 aliphatic rings. The van der Waals surface area contributed by atoms with E-state index < -0.39 is 23.7 Å². The van der Waals surface area contributed by atoms with E-state index in [1.165, 1.54) is 36.5 Å². The molecule has 2 heterocycles. The Morgan fingerprint density at radius 1 is 1.25 bits per heavy atom. The molecule has 2 aromatic heterocycles. The maximum absolute atomic E-state index is 12.5. The summed E-state index contributed by atoms with van der Waals surface area (Å²) in [5.74, 6) is -1.02. The number of carbonyl (C=O) groups is 1. The second kappa shape index (κ2) is 7.43. The van der Waals surface area contributed by atoms with Crippen LogP contribution in [0.2, 0.25) is 0 Å². The Balaban J connectivity index is 1.78. The molecule has 0 fully saturated rings. The van der Waals surface area contributed by atoms with E-state index in [1.807, 2.05) is 0 Å². The van der Waals surface area contributed by atoms with Gasteiger partial charge < -0.3 is 10.1 Å². The molecule has 11 heteroatoms. The van der Waals surface area contributed by atoms with Crippen LogP contribution in [-0.2, 0) is 13.1 Å². The fourth-order valence-electron chi connectivity index (χ4n) is 2.47. The number of nitriles is 1. The Bertz CT molecular complexity index is 1130. The minimum absolute atomic E-state index is 0.0975. The Labute approximate surface area is 155 Å². The van der Waals surface area contributed by atoms with Crippen LogP contribution in [0.25, 0.3) is 5.65 Å². The van der Waals surface area contributed by atoms with Crippen molar-refractivity contribution in [3.8, 4) is 11.8 Å². The minimum Gasteiger partial charge on any atom is -0.405 e. The van der Waals surface area contributed by atoms with Crippen LogP contribution in [-0.4, -0.2) is 26.5 Å². The molecule has 0 aliphatic heterocycles. The fraction of sp³-hybridized carbons (Fsp3) is 0.176. The molecule has 0 radical (unpaired) electrons. The molecule has 144 valence electrons. The highest BCUT2D eigenvalue weighted by molar-refractivity contribution is 5.94. The van der Waals surface area contributed by atoms with Gasteiger partial charge in [0.2, 0.25) is 0 Å². The van der Waals surface area contributed by atoms with E-state index in [2.05, 4.69) is 15.2 Å². The van der Waals surface area contributed by atoms with E-state index in [0.29, 0.717) is 0 Å². The summed E-state index contributed by atoms with van der Waals surface area (Å²) in [6.07, 6.45) is -3.61. The van der Waals surface area contributed by atoms with Gasteiger partial charge in [0.15, 0.2) is 5.65 Å². The molecule has 1 N–H and O–H groups in total. The number of halogens is 3. The summed E-state index contributed by atoms with van der Waals surface area (Å²) < 4.78 is 43.4. The number of nitrogens with zero attached hydrogens (tertiary/aromatic N) is 4. The molecular weight excluding hydrogens is 379 g/mol. The van der Waals surface area contributed by atoms with Gasteiger partial charge in [-0.05, 0) is 18.2 Å². The summed E-state index contributed by atoms with van der Waals surface area (Å²) in [6, 6.07) is 10.1. The predicted octanol–water partition coefficient (Wildman–Crippen LogP) is 1.85. The van der Waals surface area contributed by atoms with Crippen molar-refractivity contribution in [2.24, 2.45) is 0 Å². The number of benzene rings is 1. The summed E-state index contributed by atoms with van der Waals surface area (Å²) in [5, 5.41) is 15.1. The van der Waals surface area contributed by atoms with Crippen LogP contribution >= 0.6 is 0 Å². The number of nitrogens with one attached hydrogen (secondary N) is 1. The van der Waals surface area contributed by atoms with Gasteiger partial charge in [-0.2, -0.15) is 9.94 Å². The molecule has 3 rings (SSSR count). The number of pyridine rings is 1. The third-order valence-electron chi connectivity index (χ3n) is 3.70. The van der Waals surface area contributed by atoms with E-state index in [0.717, 1.165) is 15.1 Å². The van der Waals surface area contributed by atoms with Crippen LogP contribution in [0.1, 0.15) is 15.9 Å². The molecular formula is C17H12F3N5O3. The van der Waals surface area contributed by atoms with Crippen molar-refractivity contribution in [3.63, 3.8) is 0 Å². The number of alkyl halides is 3. The summed E-state index contributed by atoms with van der Waals surface area (Å²) in [7, 11) is 0. The third-order valence-corrected chi connectivity index (χ3v) is 3.70. The maximum Gasteiger partial charge on any atom is 0.573 e. The van der Waals surface area contributed by atoms with Crippen molar-refractivity contribution in [1.82, 2.24) is 19.5 Å². The number of ether oxygens (including phenoxy) is 1. The number of hydrogen-bond acceptors (Lipinski definition) is 5. The Kier molecular flexibility index (Phi) is 5.04. The molecule has 28 heavy (non-hydrogen) atoms. The zero-order chi connectivity index (χ0) is 20.3. The lowest BCUT2D eigenvalue weighted by atomic mass is 10.2. The van der Waals surface area contributed by atoms with Crippen molar-refractivity contribution >= 4 is 11.6 Å². The first-order chi connectivity index (χ1) is 13.3. The Morgan fingerprint density at radius 2 is 2.00 bits per heavy atom. The first kappa shape index (κ1) is 19.0. The molecule has 1 amide bonds. The molecule has 0 saturated carbocycles. The van der Waals surface area contributed by atoms with Gasteiger partial charge in [-0.1, -0.05) is 18.2 Å². The molecule has 0 spiro atoms. The maximum atomic E-state index is 12.5. The lowest BCUT2D eigenvalue weighted by Gasteiger charge is -2.13. The minimum atomic E-state index is -4.85. The van der Waals surface area contributed by atoms with Gasteiger partial charge in [0, 0.05) is 18.3 Å². The number of amides is 1. The number of fused-ring (bicyclic) bond motifs is 1. The van der Waals surface area contributed by atoms with Crippen molar-refractivity contribution in [2.45, 2.75) is 19.5 Å². The van der Waals surface area contributed by atoms with E-state index in [4.69, 9.17) is 5.26 Å². The molecule has 3 aromatic rings. The van der Waals surface area contributed by atoms with Crippen LogP contribution < -0.4 is 15.7 Å². The number of para-hydroxylation sites is 1. The van der Waals surface area contributed by atoms with Gasteiger partial charge in [-0.25, -0.2) is 9.20 Å². The molecule has 8 nitrogen and oxygen atoms in total. The molecule has 0 aliphatic carbocycles. The number of rotatable bonds is 5. The van der Waals surface area contributed by atoms with Crippen LogP contribution in [0.4, 0.5) is 13.2 Å². The molecule has 0 bridgehead atoms. The highest BCUT2D eigenvalue weighted by Crippen LogP contribution is 2.26. The zero-order valence-corrected chi connectivity index (χ0v) is 14.1. The van der Waals surface area contributed by atoms with E-state index >= 15 is 0 Å². The lowest BCUT2D eigenvalue weighted by Crippen LogP contribution is -2.25. The molecule has 0 unspecified atom stereocenters. The number of carbonyl (C=O) groups excluding carboxylic acids is 1. The van der Waals surface area contributed by atoms with Gasteiger partial charge in [-0.3, -0.25) is 4.79 Å². The van der Waals surface area contributed by atoms with E-state index in [9.17, 15) is 22.8 Å². The summed E-state index contributed by atoms with van der Waals surface area (Å²) in [5.41, 5.74) is -0.107. The first-order valence-corrected chi connectivity index (χ1v) is 7.86. The number of aromatic nitrogens is 3. The van der Waals surface area contributed by atoms with Gasteiger partial charge in [0.1, 0.15) is 12.3 Å². The fourth-order valence-corrected chi connectivity index (χ4v) is 2.47. The van der Waals surface area contributed by atoms with Crippen LogP contribution in [0.5, 0.6) is 5.75 Å². The molecule has 0 saturated heterocycles. The summed E-state index contributed by atoms with van der Waals surface area (Å²) in [6.45, 7) is -0.455. The average Bonchev–Trinajstić information content (AvgIpc) is 2.95. The lowest BCUT2D eigenvalue weighted by molar-refractivity contribution is -0.274. The predicted molar refractivity (Wildman–Crippen MR) is 89.4 cm³/mol. The topological polar surface area (TPSA) is 101 Å². The summed E-state index contributed by atoms with van der Waals surface area (Å²) in [4.78, 5) is 24.4. The van der Waals surface area contributed by atoms with Crippen molar-refractivity contribution in [3.05, 3.63) is 64.2 Å². The largest absolute Gasteiger partial charge is 0.573 e. The molecule has 0 atom stereocenters. The monoisotopic (exact) mass is 391 g/mol. The van der Waals surface area contributed by atoms with Gasteiger partial charge in [-0.15, -0.1) is 18.3 Å². The van der Waals surface area contributed by atoms with Gasteiger partial charge >= 0.3 is 12.1 Å². The van der Waals surface area contributed by atoms with Crippen molar-refractivity contribution in [1.29, 1.82) is 5.26 Å². The van der Waals surface area contributed by atoms with Crippen molar-refractivity contribution < 1.29 is 22.7 Å². The van der Waals surface area contributed by atoms with Crippen LogP contribution in [0, 0.1) is 11.3 Å². The third kappa shape index (κ3) is 4.12. The quantitative estimate of drug-likeness (QED) is 0.715. The highest BCUT2D eigenvalue weighted by Gasteiger charge is 2.32. The second-order valence-corrected chi connectivity index (χ2v) is 5.58. The van der Waals surface area contributed by atoms with Crippen LogP contribution in [0.3, 0.4) is 0 Å². The van der Waals surface area contributed by atoms with Crippen molar-refractivity contribution in [2.75, 3.05) is 0 Å². The second-order valence-electron chi connectivity index (χ2n) is 5.58. The Morgan fingerprint density at radius 3 is 2.71 bits per heavy atom. The Hall–Kier alpha value is -3.81. The highest BCUT2D eigenvalue weighted by atomic mass is 19.4. The van der Waals surface area contributed by atoms with Crippen LogP contribution in [0.15, 0.2) is 47.4 Å². The normalized spacial score (nSPS) is 11.2. The van der Waals surface area contributed by atoms with Gasteiger partial charge in [0.25, 0.3) is 5.91 Å². The smallest absolute Gasteiger partial charge is 0.405 e. The van der Waals surface area contributed by atoms with E-state index in [-0.39, 0.29) is 29.9 Å². The van der Waals surface area contributed by atoms with Gasteiger partial charge in [0.05, 0.1) is 11.6 Å². The summed E-state index contributed by atoms with van der Waals surface area (Å²) >= 11 is 0. The van der Waals surface area contributed by atoms with E-state index in [1.54, 1.807) is 6.07 Å². The first-order valence-electron chi connectivity index (χ1n) is 7.86. The average molecular weight is 391 g/mol. The standard InChI is InChI=1S/C17H12F3N5O3/c18-17(19,20)28-13-4-2-1-3-11(13)9-22-15(26)12-5-6-14-23-25(8-7-21)16(27)24(14)10-12/h1-6,10H,8-9H2,(H,22,26). The zero-order valence-electron chi connectivity index (χ0n) is 14.1.